The SMILES string of the molecule is CCC(C)OCC(F)(F)C(=O)O. The second-order valence-corrected chi connectivity index (χ2v) is 2.54. The first-order valence-electron chi connectivity index (χ1n) is 3.63. The molecule has 1 atom stereocenters. The molecular formula is C7H12F2O3. The summed E-state index contributed by atoms with van der Waals surface area (Å²) in [7, 11) is 0. The monoisotopic (exact) mass is 182 g/mol. The Kier molecular flexibility index (Phi) is 4.09. The fourth-order valence-corrected chi connectivity index (χ4v) is 0.427. The van der Waals surface area contributed by atoms with E-state index in [9.17, 15) is 13.6 Å². The van der Waals surface area contributed by atoms with E-state index in [1.165, 1.54) is 0 Å². The molecular weight excluding hydrogens is 170 g/mol. The molecule has 0 saturated heterocycles. The van der Waals surface area contributed by atoms with Crippen molar-refractivity contribution in [2.75, 3.05) is 6.61 Å². The molecule has 0 aromatic heterocycles. The molecule has 0 aliphatic carbocycles. The quantitative estimate of drug-likeness (QED) is 0.701. The predicted molar refractivity (Wildman–Crippen MR) is 38.3 cm³/mol. The van der Waals surface area contributed by atoms with Crippen LogP contribution in [0.3, 0.4) is 0 Å². The molecule has 0 radical (unpaired) electrons. The molecule has 0 saturated carbocycles. The minimum absolute atomic E-state index is 0.338. The number of hydrogen-bond donors (Lipinski definition) is 1. The highest BCUT2D eigenvalue weighted by Gasteiger charge is 2.39. The molecule has 72 valence electrons. The van der Waals surface area contributed by atoms with Gasteiger partial charge in [0.2, 0.25) is 0 Å². The number of carboxylic acids is 1. The van der Waals surface area contributed by atoms with Crippen LogP contribution in [0.4, 0.5) is 8.78 Å². The van der Waals surface area contributed by atoms with Crippen molar-refractivity contribution in [1.29, 1.82) is 0 Å². The zero-order valence-corrected chi connectivity index (χ0v) is 7.01. The van der Waals surface area contributed by atoms with Crippen molar-refractivity contribution in [1.82, 2.24) is 0 Å². The van der Waals surface area contributed by atoms with Crippen LogP contribution in [0.2, 0.25) is 0 Å². The Morgan fingerprint density at radius 1 is 1.67 bits per heavy atom. The molecule has 0 amide bonds. The Bertz CT molecular complexity index is 159. The van der Waals surface area contributed by atoms with Crippen molar-refractivity contribution in [2.24, 2.45) is 0 Å². The van der Waals surface area contributed by atoms with Gasteiger partial charge in [0.05, 0.1) is 6.10 Å². The van der Waals surface area contributed by atoms with E-state index >= 15 is 0 Å². The normalized spacial score (nSPS) is 14.3. The second kappa shape index (κ2) is 4.35. The van der Waals surface area contributed by atoms with Gasteiger partial charge in [-0.15, -0.1) is 0 Å². The van der Waals surface area contributed by atoms with Gasteiger partial charge in [-0.1, -0.05) is 6.92 Å². The summed E-state index contributed by atoms with van der Waals surface area (Å²) >= 11 is 0. The summed E-state index contributed by atoms with van der Waals surface area (Å²) in [5, 5.41) is 8.00. The summed E-state index contributed by atoms with van der Waals surface area (Å²) in [4.78, 5) is 9.89. The van der Waals surface area contributed by atoms with E-state index in [0.717, 1.165) is 0 Å². The molecule has 12 heavy (non-hydrogen) atoms. The summed E-state index contributed by atoms with van der Waals surface area (Å²) < 4.78 is 29.2. The van der Waals surface area contributed by atoms with E-state index in [0.29, 0.717) is 6.42 Å². The van der Waals surface area contributed by atoms with E-state index in [-0.39, 0.29) is 6.10 Å². The molecule has 1 unspecified atom stereocenters. The molecule has 1 N–H and O–H groups in total. The van der Waals surface area contributed by atoms with Gasteiger partial charge in [-0.25, -0.2) is 4.79 Å². The number of hydrogen-bond acceptors (Lipinski definition) is 2. The Labute approximate surface area is 69.3 Å². The minimum atomic E-state index is -3.77. The number of alkyl halides is 2. The van der Waals surface area contributed by atoms with Gasteiger partial charge in [0.1, 0.15) is 6.61 Å². The van der Waals surface area contributed by atoms with Gasteiger partial charge in [-0.05, 0) is 13.3 Å². The number of halogens is 2. The van der Waals surface area contributed by atoms with Gasteiger partial charge in [0.25, 0.3) is 0 Å². The highest BCUT2D eigenvalue weighted by atomic mass is 19.3. The standard InChI is InChI=1S/C7H12F2O3/c1-3-5(2)12-4-7(8,9)6(10)11/h5H,3-4H2,1-2H3,(H,10,11). The van der Waals surface area contributed by atoms with E-state index < -0.39 is 18.5 Å². The highest BCUT2D eigenvalue weighted by Crippen LogP contribution is 2.15. The molecule has 0 bridgehead atoms. The third-order valence-corrected chi connectivity index (χ3v) is 1.44. The van der Waals surface area contributed by atoms with Crippen LogP contribution < -0.4 is 0 Å². The van der Waals surface area contributed by atoms with Crippen molar-refractivity contribution >= 4 is 5.97 Å². The van der Waals surface area contributed by atoms with Crippen molar-refractivity contribution in [3.63, 3.8) is 0 Å². The molecule has 0 heterocycles. The Balaban J connectivity index is 3.83. The number of ether oxygens (including phenoxy) is 1. The Hall–Kier alpha value is -0.710. The van der Waals surface area contributed by atoms with Gasteiger partial charge in [0, 0.05) is 0 Å². The average molecular weight is 182 g/mol. The fraction of sp³-hybridized carbons (Fsp3) is 0.857. The summed E-state index contributed by atoms with van der Waals surface area (Å²) in [5.74, 6) is -5.92. The third kappa shape index (κ3) is 3.61. The summed E-state index contributed by atoms with van der Waals surface area (Å²) in [6.07, 6.45) is 0.241. The van der Waals surface area contributed by atoms with Crippen molar-refractivity contribution in [3.8, 4) is 0 Å². The van der Waals surface area contributed by atoms with Crippen LogP contribution in [-0.4, -0.2) is 29.7 Å². The molecule has 0 rings (SSSR count). The minimum Gasteiger partial charge on any atom is -0.477 e. The van der Waals surface area contributed by atoms with E-state index in [2.05, 4.69) is 4.74 Å². The molecule has 0 aliphatic rings. The van der Waals surface area contributed by atoms with Crippen LogP contribution in [0.1, 0.15) is 20.3 Å². The van der Waals surface area contributed by atoms with E-state index in [4.69, 9.17) is 5.11 Å². The lowest BCUT2D eigenvalue weighted by Gasteiger charge is -2.14. The first kappa shape index (κ1) is 11.3. The number of rotatable bonds is 5. The largest absolute Gasteiger partial charge is 0.477 e. The molecule has 0 fully saturated rings. The van der Waals surface area contributed by atoms with Crippen molar-refractivity contribution in [3.05, 3.63) is 0 Å². The van der Waals surface area contributed by atoms with E-state index in [1.807, 2.05) is 0 Å². The summed E-state index contributed by atoms with van der Waals surface area (Å²) in [5.41, 5.74) is 0. The topological polar surface area (TPSA) is 46.5 Å². The van der Waals surface area contributed by atoms with Crippen molar-refractivity contribution in [2.45, 2.75) is 32.3 Å². The molecule has 0 spiro atoms. The lowest BCUT2D eigenvalue weighted by atomic mass is 10.3. The first-order valence-corrected chi connectivity index (χ1v) is 3.63. The maximum atomic E-state index is 12.3. The van der Waals surface area contributed by atoms with Crippen LogP contribution in [0.25, 0.3) is 0 Å². The number of carbonyl (C=O) groups is 1. The molecule has 5 heteroatoms. The number of carboxylic acid groups (broad SMARTS) is 1. The predicted octanol–water partition coefficient (Wildman–Crippen LogP) is 1.52. The first-order chi connectivity index (χ1) is 5.40. The third-order valence-electron chi connectivity index (χ3n) is 1.44. The van der Waals surface area contributed by atoms with Gasteiger partial charge >= 0.3 is 11.9 Å². The van der Waals surface area contributed by atoms with Gasteiger partial charge in [-0.2, -0.15) is 8.78 Å². The van der Waals surface area contributed by atoms with Crippen molar-refractivity contribution < 1.29 is 23.4 Å². The summed E-state index contributed by atoms with van der Waals surface area (Å²) in [6.45, 7) is 2.32. The van der Waals surface area contributed by atoms with Crippen LogP contribution in [-0.2, 0) is 9.53 Å². The second-order valence-electron chi connectivity index (χ2n) is 2.54. The average Bonchev–Trinajstić information content (AvgIpc) is 2.00. The van der Waals surface area contributed by atoms with Crippen LogP contribution in [0, 0.1) is 0 Å². The van der Waals surface area contributed by atoms with Gasteiger partial charge in [-0.3, -0.25) is 0 Å². The van der Waals surface area contributed by atoms with Crippen LogP contribution >= 0.6 is 0 Å². The number of aliphatic carboxylic acids is 1. The molecule has 0 aromatic carbocycles. The molecule has 0 aliphatic heterocycles. The Morgan fingerprint density at radius 2 is 2.17 bits per heavy atom. The molecule has 3 nitrogen and oxygen atoms in total. The maximum absolute atomic E-state index is 12.3. The fourth-order valence-electron chi connectivity index (χ4n) is 0.427. The lowest BCUT2D eigenvalue weighted by molar-refractivity contribution is -0.176. The smallest absolute Gasteiger partial charge is 0.377 e. The zero-order chi connectivity index (χ0) is 9.78. The van der Waals surface area contributed by atoms with E-state index in [1.54, 1.807) is 13.8 Å². The highest BCUT2D eigenvalue weighted by molar-refractivity contribution is 5.75. The van der Waals surface area contributed by atoms with Gasteiger partial charge in [0.15, 0.2) is 0 Å². The Morgan fingerprint density at radius 3 is 2.50 bits per heavy atom. The zero-order valence-electron chi connectivity index (χ0n) is 7.01. The lowest BCUT2D eigenvalue weighted by Crippen LogP contribution is -2.35. The summed E-state index contributed by atoms with van der Waals surface area (Å²) in [6, 6.07) is 0. The van der Waals surface area contributed by atoms with Crippen LogP contribution in [0.15, 0.2) is 0 Å². The molecule has 0 aromatic rings. The maximum Gasteiger partial charge on any atom is 0.377 e. The van der Waals surface area contributed by atoms with Crippen LogP contribution in [0.5, 0.6) is 0 Å². The van der Waals surface area contributed by atoms with Gasteiger partial charge < -0.3 is 9.84 Å².